The Bertz CT molecular complexity index is 1060. The minimum atomic E-state index is -0.227. The number of benzene rings is 2. The van der Waals surface area contributed by atoms with E-state index >= 15 is 0 Å². The number of carbonyl (C=O) groups is 1. The van der Waals surface area contributed by atoms with Gasteiger partial charge in [-0.25, -0.2) is 9.93 Å². The number of hydrazone groups is 1. The van der Waals surface area contributed by atoms with Crippen LogP contribution in [0.3, 0.4) is 0 Å². The highest BCUT2D eigenvalue weighted by Crippen LogP contribution is 2.20. The molecule has 4 rings (SSSR count). The van der Waals surface area contributed by atoms with Crippen LogP contribution in [0.4, 0.5) is 4.39 Å². The van der Waals surface area contributed by atoms with Crippen molar-refractivity contribution in [3.63, 3.8) is 0 Å². The lowest BCUT2D eigenvalue weighted by Gasteiger charge is -2.39. The summed E-state index contributed by atoms with van der Waals surface area (Å²) in [5.74, 6) is 0.576. The Morgan fingerprint density at radius 3 is 2.70 bits per heavy atom. The summed E-state index contributed by atoms with van der Waals surface area (Å²) in [6.07, 6.45) is 3.48. The van der Waals surface area contributed by atoms with Crippen molar-refractivity contribution in [2.24, 2.45) is 5.10 Å². The summed E-state index contributed by atoms with van der Waals surface area (Å²) >= 11 is 6.21. The number of amidine groups is 1. The zero-order valence-electron chi connectivity index (χ0n) is 18.8. The minimum absolute atomic E-state index is 0.0106. The van der Waals surface area contributed by atoms with Crippen LogP contribution in [0.15, 0.2) is 53.6 Å². The zero-order chi connectivity index (χ0) is 23.4. The fourth-order valence-electron chi connectivity index (χ4n) is 4.11. The molecular weight excluding hydrogens is 443 g/mol. The number of hydrazine groups is 2. The number of hydrogen-bond donors (Lipinski definition) is 2. The van der Waals surface area contributed by atoms with Gasteiger partial charge in [-0.2, -0.15) is 0 Å². The van der Waals surface area contributed by atoms with E-state index in [1.54, 1.807) is 6.08 Å². The second-order valence-electron chi connectivity index (χ2n) is 8.39. The molecule has 1 amide bonds. The molecule has 0 unspecified atom stereocenters. The molecular formula is C24H28ClFN6O. The van der Waals surface area contributed by atoms with E-state index in [2.05, 4.69) is 28.0 Å². The monoisotopic (exact) mass is 470 g/mol. The van der Waals surface area contributed by atoms with E-state index < -0.39 is 0 Å². The number of rotatable bonds is 6. The number of amides is 1. The summed E-state index contributed by atoms with van der Waals surface area (Å²) in [6.45, 7) is 7.46. The Balaban J connectivity index is 1.38. The second-order valence-corrected chi connectivity index (χ2v) is 8.82. The highest BCUT2D eigenvalue weighted by Gasteiger charge is 2.26. The number of carbonyl (C=O) groups excluding carboxylic acids is 1. The molecule has 0 aliphatic carbocycles. The van der Waals surface area contributed by atoms with E-state index in [-0.39, 0.29) is 17.8 Å². The summed E-state index contributed by atoms with van der Waals surface area (Å²) in [7, 11) is 0. The number of halogens is 2. The maximum atomic E-state index is 13.1. The van der Waals surface area contributed by atoms with E-state index in [9.17, 15) is 9.18 Å². The smallest absolute Gasteiger partial charge is 0.246 e. The lowest BCUT2D eigenvalue weighted by molar-refractivity contribution is -0.130. The van der Waals surface area contributed by atoms with Crippen molar-refractivity contribution in [1.29, 1.82) is 0 Å². The first-order chi connectivity index (χ1) is 15.9. The lowest BCUT2D eigenvalue weighted by atomic mass is 10.1. The summed E-state index contributed by atoms with van der Waals surface area (Å²) < 4.78 is 13.1. The van der Waals surface area contributed by atoms with Gasteiger partial charge in [0.05, 0.1) is 6.54 Å². The average molecular weight is 471 g/mol. The van der Waals surface area contributed by atoms with Crippen LogP contribution in [0.5, 0.6) is 0 Å². The first-order valence-electron chi connectivity index (χ1n) is 11.0. The summed E-state index contributed by atoms with van der Waals surface area (Å²) in [4.78, 5) is 17.2. The molecule has 33 heavy (non-hydrogen) atoms. The average Bonchev–Trinajstić information content (AvgIpc) is 3.19. The largest absolute Gasteiger partial charge is 0.334 e. The fourth-order valence-corrected chi connectivity index (χ4v) is 4.31. The van der Waals surface area contributed by atoms with Crippen LogP contribution >= 0.6 is 11.6 Å². The van der Waals surface area contributed by atoms with Gasteiger partial charge >= 0.3 is 0 Å². The molecule has 0 radical (unpaired) electrons. The van der Waals surface area contributed by atoms with Gasteiger partial charge in [-0.15, -0.1) is 10.6 Å². The number of nitrogens with one attached hydrogen (secondary N) is 2. The molecule has 2 aromatic carbocycles. The molecule has 1 atom stereocenters. The van der Waals surface area contributed by atoms with Crippen LogP contribution < -0.4 is 11.1 Å². The Hall–Kier alpha value is -2.94. The molecule has 0 aromatic heterocycles. The molecule has 0 saturated carbocycles. The van der Waals surface area contributed by atoms with Crippen molar-refractivity contribution in [3.05, 3.63) is 76.1 Å². The van der Waals surface area contributed by atoms with Crippen LogP contribution in [0.1, 0.15) is 30.5 Å². The molecule has 9 heteroatoms. The van der Waals surface area contributed by atoms with Crippen LogP contribution in [0.25, 0.3) is 6.08 Å². The van der Waals surface area contributed by atoms with E-state index in [0.717, 1.165) is 42.2 Å². The lowest BCUT2D eigenvalue weighted by Crippen LogP contribution is -2.53. The first-order valence-corrected chi connectivity index (χ1v) is 11.3. The SMILES string of the molecule is CC1=NNNN1Cc1cc(Cl)ccc1C=CC(=O)N1CCN(Cc2ccc(F)cc2)C[C@H]1C. The van der Waals surface area contributed by atoms with Crippen LogP contribution in [0, 0.1) is 5.82 Å². The van der Waals surface area contributed by atoms with Gasteiger partial charge in [0.25, 0.3) is 0 Å². The van der Waals surface area contributed by atoms with Crippen molar-refractivity contribution in [2.45, 2.75) is 33.0 Å². The van der Waals surface area contributed by atoms with Gasteiger partial charge in [0.15, 0.2) is 0 Å². The van der Waals surface area contributed by atoms with E-state index in [1.807, 2.05) is 53.2 Å². The summed E-state index contributed by atoms with van der Waals surface area (Å²) in [5.41, 5.74) is 8.67. The van der Waals surface area contributed by atoms with Crippen LogP contribution in [0.2, 0.25) is 5.02 Å². The molecule has 0 bridgehead atoms. The third-order valence-corrected chi connectivity index (χ3v) is 6.18. The first kappa shape index (κ1) is 23.2. The molecule has 2 aliphatic rings. The van der Waals surface area contributed by atoms with Gasteiger partial charge in [-0.3, -0.25) is 14.7 Å². The van der Waals surface area contributed by atoms with Crippen molar-refractivity contribution >= 4 is 29.4 Å². The van der Waals surface area contributed by atoms with Crippen LogP contribution in [-0.4, -0.2) is 52.2 Å². The van der Waals surface area contributed by atoms with Crippen LogP contribution in [-0.2, 0) is 17.9 Å². The molecule has 1 fully saturated rings. The topological polar surface area (TPSA) is 63.2 Å². The minimum Gasteiger partial charge on any atom is -0.334 e. The molecule has 2 aliphatic heterocycles. The molecule has 1 saturated heterocycles. The number of piperazine rings is 1. The Labute approximate surface area is 198 Å². The highest BCUT2D eigenvalue weighted by molar-refractivity contribution is 6.30. The number of hydrogen-bond acceptors (Lipinski definition) is 6. The zero-order valence-corrected chi connectivity index (χ0v) is 19.5. The van der Waals surface area contributed by atoms with E-state index in [1.165, 1.54) is 12.1 Å². The van der Waals surface area contributed by atoms with Crippen molar-refractivity contribution in [1.82, 2.24) is 25.9 Å². The van der Waals surface area contributed by atoms with Gasteiger partial charge in [-0.05, 0) is 60.9 Å². The fraction of sp³-hybridized carbons (Fsp3) is 0.333. The maximum absolute atomic E-state index is 13.1. The molecule has 0 spiro atoms. The Kier molecular flexibility index (Phi) is 7.27. The molecule has 2 aromatic rings. The second kappa shape index (κ2) is 10.3. The van der Waals surface area contributed by atoms with Crippen molar-refractivity contribution in [3.8, 4) is 0 Å². The van der Waals surface area contributed by atoms with Gasteiger partial charge in [0.2, 0.25) is 5.91 Å². The molecule has 2 heterocycles. The predicted octanol–water partition coefficient (Wildman–Crippen LogP) is 3.38. The van der Waals surface area contributed by atoms with Gasteiger partial charge < -0.3 is 4.90 Å². The van der Waals surface area contributed by atoms with Crippen molar-refractivity contribution in [2.75, 3.05) is 19.6 Å². The van der Waals surface area contributed by atoms with Gasteiger partial charge in [0, 0.05) is 43.3 Å². The summed E-state index contributed by atoms with van der Waals surface area (Å²) in [5, 5.41) is 6.60. The Morgan fingerprint density at radius 2 is 2.00 bits per heavy atom. The number of nitrogens with zero attached hydrogens (tertiary/aromatic N) is 4. The molecule has 174 valence electrons. The normalized spacial score (nSPS) is 19.2. The molecule has 2 N–H and O–H groups in total. The third kappa shape index (κ3) is 5.90. The maximum Gasteiger partial charge on any atom is 0.246 e. The standard InChI is InChI=1S/C24H28ClFN6O/c1-17-14-30(15-19-3-8-23(26)9-4-19)11-12-31(17)24(33)10-6-20-5-7-22(25)13-21(20)16-32-18(2)27-28-29-32/h3-10,13,17,28-29H,11-12,14-16H2,1-2H3/t17-/m1/s1. The highest BCUT2D eigenvalue weighted by atomic mass is 35.5. The Morgan fingerprint density at radius 1 is 1.21 bits per heavy atom. The predicted molar refractivity (Wildman–Crippen MR) is 128 cm³/mol. The summed E-state index contributed by atoms with van der Waals surface area (Å²) in [6, 6.07) is 12.3. The molecule has 7 nitrogen and oxygen atoms in total. The van der Waals surface area contributed by atoms with Gasteiger partial charge in [-0.1, -0.05) is 29.8 Å². The quantitative estimate of drug-likeness (QED) is 0.634. The van der Waals surface area contributed by atoms with E-state index in [4.69, 9.17) is 11.6 Å². The van der Waals surface area contributed by atoms with Crippen molar-refractivity contribution < 1.29 is 9.18 Å². The third-order valence-electron chi connectivity index (χ3n) is 5.95. The van der Waals surface area contributed by atoms with Gasteiger partial charge in [0.1, 0.15) is 11.7 Å². The van der Waals surface area contributed by atoms with E-state index in [0.29, 0.717) is 18.1 Å².